The average molecular weight is 537 g/mol. The van der Waals surface area contributed by atoms with Gasteiger partial charge in [0.05, 0.1) is 16.9 Å². The van der Waals surface area contributed by atoms with Gasteiger partial charge < -0.3 is 25.6 Å². The number of carbonyl (C=O) groups excluding carboxylic acids is 1. The van der Waals surface area contributed by atoms with E-state index in [4.69, 9.17) is 10.5 Å². The van der Waals surface area contributed by atoms with Gasteiger partial charge in [-0.2, -0.15) is 18.2 Å². The van der Waals surface area contributed by atoms with Crippen molar-refractivity contribution in [2.24, 2.45) is 0 Å². The quantitative estimate of drug-likeness (QED) is 0.340. The number of hydrogen-bond donors (Lipinski definition) is 2. The Morgan fingerprint density at radius 2 is 1.95 bits per heavy atom. The van der Waals surface area contributed by atoms with Gasteiger partial charge in [-0.1, -0.05) is 12.1 Å². The van der Waals surface area contributed by atoms with Crippen LogP contribution in [0.15, 0.2) is 66.9 Å². The first-order chi connectivity index (χ1) is 18.6. The SMILES string of the molecule is CN(C)[C@@H]1CCN(c2ccc(C(F)(F)F)cc2NC(=O)c2cccc3cc(Oc4ccnc(N)n4)ccc23)C1. The molecule has 3 aromatic carbocycles. The lowest BCUT2D eigenvalue weighted by atomic mass is 10.0. The van der Waals surface area contributed by atoms with Crippen molar-refractivity contribution in [3.05, 3.63) is 78.0 Å². The van der Waals surface area contributed by atoms with Crippen LogP contribution in [0.1, 0.15) is 22.3 Å². The lowest BCUT2D eigenvalue weighted by Crippen LogP contribution is -2.31. The number of nitrogen functional groups attached to an aromatic ring is 1. The fraction of sp³-hybridized carbons (Fsp3) is 0.250. The van der Waals surface area contributed by atoms with Crippen molar-refractivity contribution in [3.63, 3.8) is 0 Å². The molecule has 1 aliphatic rings. The van der Waals surface area contributed by atoms with Crippen molar-refractivity contribution in [1.29, 1.82) is 0 Å². The lowest BCUT2D eigenvalue weighted by molar-refractivity contribution is -0.137. The second-order valence-corrected chi connectivity index (χ2v) is 9.58. The molecule has 3 N–H and O–H groups in total. The van der Waals surface area contributed by atoms with E-state index in [-0.39, 0.29) is 23.6 Å². The minimum Gasteiger partial charge on any atom is -0.439 e. The molecule has 0 saturated carbocycles. The zero-order valence-corrected chi connectivity index (χ0v) is 21.4. The number of rotatable bonds is 6. The highest BCUT2D eigenvalue weighted by atomic mass is 19.4. The molecular weight excluding hydrogens is 509 g/mol. The van der Waals surface area contributed by atoms with Gasteiger partial charge in [-0.05, 0) is 73.8 Å². The molecule has 0 radical (unpaired) electrons. The molecule has 1 saturated heterocycles. The van der Waals surface area contributed by atoms with Crippen LogP contribution in [-0.4, -0.2) is 54.0 Å². The normalized spacial score (nSPS) is 15.6. The molecule has 5 rings (SSSR count). The van der Waals surface area contributed by atoms with E-state index in [9.17, 15) is 18.0 Å². The van der Waals surface area contributed by atoms with Crippen LogP contribution in [0.25, 0.3) is 10.8 Å². The van der Waals surface area contributed by atoms with Gasteiger partial charge in [0.25, 0.3) is 5.91 Å². The molecule has 4 aromatic rings. The standard InChI is InChI=1S/C28H27F3N6O2/c1-36(2)19-11-13-37(16-19)24-9-6-18(28(29,30)31)15-23(24)34-26(38)22-5-3-4-17-14-20(7-8-21(17)22)39-25-10-12-33-27(32)35-25/h3-10,12,14-15,19H,11,13,16H2,1-2H3,(H,34,38)(H2,32,33,35)/t19-/m1/s1. The Labute approximate surface area is 223 Å². The third-order valence-electron chi connectivity index (χ3n) is 6.77. The van der Waals surface area contributed by atoms with Gasteiger partial charge in [0.1, 0.15) is 5.75 Å². The molecule has 0 unspecified atom stereocenters. The number of fused-ring (bicyclic) bond motifs is 1. The van der Waals surface area contributed by atoms with Crippen molar-refractivity contribution in [2.75, 3.05) is 43.1 Å². The number of ether oxygens (including phenoxy) is 1. The van der Waals surface area contributed by atoms with Crippen LogP contribution in [0.4, 0.5) is 30.5 Å². The fourth-order valence-electron chi connectivity index (χ4n) is 4.72. The van der Waals surface area contributed by atoms with Crippen molar-refractivity contribution >= 4 is 34.0 Å². The zero-order valence-electron chi connectivity index (χ0n) is 21.4. The number of amides is 1. The molecule has 11 heteroatoms. The summed E-state index contributed by atoms with van der Waals surface area (Å²) in [4.78, 5) is 25.4. The van der Waals surface area contributed by atoms with Crippen LogP contribution in [0.3, 0.4) is 0 Å². The topological polar surface area (TPSA) is 96.6 Å². The van der Waals surface area contributed by atoms with Crippen molar-refractivity contribution in [3.8, 4) is 11.6 Å². The molecule has 2 heterocycles. The van der Waals surface area contributed by atoms with Gasteiger partial charge in [-0.25, -0.2) is 4.98 Å². The summed E-state index contributed by atoms with van der Waals surface area (Å²) in [7, 11) is 3.95. The highest BCUT2D eigenvalue weighted by molar-refractivity contribution is 6.14. The van der Waals surface area contributed by atoms with Crippen LogP contribution in [-0.2, 0) is 6.18 Å². The molecule has 1 amide bonds. The number of alkyl halides is 3. The zero-order chi connectivity index (χ0) is 27.7. The Balaban J connectivity index is 1.45. The number of hydrogen-bond acceptors (Lipinski definition) is 7. The van der Waals surface area contributed by atoms with Gasteiger partial charge in [0.2, 0.25) is 11.8 Å². The first-order valence-corrected chi connectivity index (χ1v) is 12.3. The summed E-state index contributed by atoms with van der Waals surface area (Å²) in [6.07, 6.45) is -2.19. The molecule has 202 valence electrons. The summed E-state index contributed by atoms with van der Waals surface area (Å²) in [5.74, 6) is 0.309. The highest BCUT2D eigenvalue weighted by Gasteiger charge is 2.33. The summed E-state index contributed by atoms with van der Waals surface area (Å²) >= 11 is 0. The Bertz CT molecular complexity index is 1530. The van der Waals surface area contributed by atoms with Crippen LogP contribution in [0, 0.1) is 0 Å². The number of nitrogens with zero attached hydrogens (tertiary/aromatic N) is 4. The number of halogens is 3. The molecule has 0 spiro atoms. The third kappa shape index (κ3) is 5.73. The molecule has 39 heavy (non-hydrogen) atoms. The Morgan fingerprint density at radius 3 is 2.67 bits per heavy atom. The van der Waals surface area contributed by atoms with Crippen molar-refractivity contribution < 1.29 is 22.7 Å². The maximum atomic E-state index is 13.6. The molecule has 8 nitrogen and oxygen atoms in total. The number of benzene rings is 3. The number of nitrogens with one attached hydrogen (secondary N) is 1. The van der Waals surface area contributed by atoms with E-state index in [1.807, 2.05) is 25.1 Å². The van der Waals surface area contributed by atoms with E-state index < -0.39 is 17.6 Å². The van der Waals surface area contributed by atoms with Crippen molar-refractivity contribution in [1.82, 2.24) is 14.9 Å². The van der Waals surface area contributed by atoms with Gasteiger partial charge in [0, 0.05) is 37.0 Å². The number of anilines is 3. The maximum Gasteiger partial charge on any atom is 0.416 e. The maximum absolute atomic E-state index is 13.6. The molecule has 0 bridgehead atoms. The molecular formula is C28H27F3N6O2. The second-order valence-electron chi connectivity index (χ2n) is 9.58. The summed E-state index contributed by atoms with van der Waals surface area (Å²) in [6, 6.07) is 15.6. The number of likely N-dealkylation sites (N-methyl/N-ethyl adjacent to an activating group) is 1. The Morgan fingerprint density at radius 1 is 1.13 bits per heavy atom. The minimum atomic E-state index is -4.54. The third-order valence-corrected chi connectivity index (χ3v) is 6.77. The molecule has 1 aromatic heterocycles. The van der Waals surface area contributed by atoms with Crippen LogP contribution in [0.2, 0.25) is 0 Å². The first kappa shape index (κ1) is 26.2. The molecule has 1 aliphatic heterocycles. The van der Waals surface area contributed by atoms with Crippen molar-refractivity contribution in [2.45, 2.75) is 18.6 Å². The second kappa shape index (κ2) is 10.4. The monoisotopic (exact) mass is 536 g/mol. The number of aromatic nitrogens is 2. The van der Waals surface area contributed by atoms with Gasteiger partial charge >= 0.3 is 6.18 Å². The first-order valence-electron chi connectivity index (χ1n) is 12.3. The van der Waals surface area contributed by atoms with Gasteiger partial charge in [-0.15, -0.1) is 0 Å². The summed E-state index contributed by atoms with van der Waals surface area (Å²) in [5.41, 5.74) is 5.78. The van der Waals surface area contributed by atoms with E-state index in [0.717, 1.165) is 18.6 Å². The predicted molar refractivity (Wildman–Crippen MR) is 144 cm³/mol. The van der Waals surface area contributed by atoms with Gasteiger partial charge in [0.15, 0.2) is 0 Å². The lowest BCUT2D eigenvalue weighted by Gasteiger charge is -2.25. The molecule has 1 fully saturated rings. The Kier molecular flexibility index (Phi) is 7.00. The Hall–Kier alpha value is -4.38. The minimum absolute atomic E-state index is 0.0763. The molecule has 1 atom stereocenters. The average Bonchev–Trinajstić information content (AvgIpc) is 3.38. The van der Waals surface area contributed by atoms with Crippen LogP contribution < -0.4 is 20.7 Å². The van der Waals surface area contributed by atoms with E-state index in [1.165, 1.54) is 12.3 Å². The highest BCUT2D eigenvalue weighted by Crippen LogP contribution is 2.37. The summed E-state index contributed by atoms with van der Waals surface area (Å²) in [6.45, 7) is 1.32. The fourth-order valence-corrected chi connectivity index (χ4v) is 4.72. The molecule has 0 aliphatic carbocycles. The van der Waals surface area contributed by atoms with E-state index in [0.29, 0.717) is 40.9 Å². The van der Waals surface area contributed by atoms with Crippen LogP contribution >= 0.6 is 0 Å². The van der Waals surface area contributed by atoms with E-state index >= 15 is 0 Å². The van der Waals surface area contributed by atoms with Gasteiger partial charge in [-0.3, -0.25) is 4.79 Å². The largest absolute Gasteiger partial charge is 0.439 e. The number of nitrogens with two attached hydrogens (primary N) is 1. The van der Waals surface area contributed by atoms with E-state index in [1.54, 1.807) is 36.4 Å². The smallest absolute Gasteiger partial charge is 0.416 e. The summed E-state index contributed by atoms with van der Waals surface area (Å²) in [5, 5.41) is 4.08. The van der Waals surface area contributed by atoms with E-state index in [2.05, 4.69) is 20.2 Å². The van der Waals surface area contributed by atoms with Crippen LogP contribution in [0.5, 0.6) is 11.6 Å². The summed E-state index contributed by atoms with van der Waals surface area (Å²) < 4.78 is 46.5. The number of carbonyl (C=O) groups is 1. The predicted octanol–water partition coefficient (Wildman–Crippen LogP) is 5.42.